The topological polar surface area (TPSA) is 92.8 Å². The quantitative estimate of drug-likeness (QED) is 0.707. The van der Waals surface area contributed by atoms with E-state index in [1.54, 1.807) is 31.4 Å². The van der Waals surface area contributed by atoms with Gasteiger partial charge in [-0.25, -0.2) is 8.42 Å². The summed E-state index contributed by atoms with van der Waals surface area (Å²) in [5, 5.41) is 3.02. The molecule has 0 bridgehead atoms. The molecule has 0 saturated carbocycles. The SMILES string of the molecule is COc1ccccc1CC(=O)N1CCC(NC(=O)c2ccc(CS(C)(=O)=O)cc2)CC1. The molecule has 0 unspecified atom stereocenters. The summed E-state index contributed by atoms with van der Waals surface area (Å²) in [6, 6.07) is 14.1. The van der Waals surface area contributed by atoms with Crippen molar-refractivity contribution in [1.29, 1.82) is 0 Å². The van der Waals surface area contributed by atoms with E-state index in [1.807, 2.05) is 29.2 Å². The van der Waals surface area contributed by atoms with Crippen LogP contribution in [-0.4, -0.2) is 57.6 Å². The Morgan fingerprint density at radius 2 is 1.71 bits per heavy atom. The molecule has 166 valence electrons. The first-order chi connectivity index (χ1) is 14.7. The average Bonchev–Trinajstić information content (AvgIpc) is 2.74. The minimum absolute atomic E-state index is 0.00138. The van der Waals surface area contributed by atoms with Gasteiger partial charge in [-0.3, -0.25) is 9.59 Å². The van der Waals surface area contributed by atoms with Gasteiger partial charge in [-0.1, -0.05) is 30.3 Å². The molecule has 2 amide bonds. The molecule has 8 heteroatoms. The summed E-state index contributed by atoms with van der Waals surface area (Å²) < 4.78 is 28.1. The molecule has 7 nitrogen and oxygen atoms in total. The number of nitrogens with one attached hydrogen (secondary N) is 1. The molecule has 0 radical (unpaired) electrons. The average molecular weight is 445 g/mol. The van der Waals surface area contributed by atoms with Crippen molar-refractivity contribution < 1.29 is 22.7 Å². The van der Waals surface area contributed by atoms with Crippen LogP contribution in [0.3, 0.4) is 0 Å². The minimum Gasteiger partial charge on any atom is -0.496 e. The number of methoxy groups -OCH3 is 1. The van der Waals surface area contributed by atoms with E-state index in [0.717, 1.165) is 5.56 Å². The standard InChI is InChI=1S/C23H28N2O5S/c1-30-21-6-4-3-5-19(21)15-22(26)25-13-11-20(12-14-25)24-23(27)18-9-7-17(8-10-18)16-31(2,28)29/h3-10,20H,11-16H2,1-2H3,(H,24,27). The van der Waals surface area contributed by atoms with Crippen molar-refractivity contribution in [2.24, 2.45) is 0 Å². The van der Waals surface area contributed by atoms with E-state index in [-0.39, 0.29) is 23.6 Å². The number of likely N-dealkylation sites (tertiary alicyclic amines) is 1. The first-order valence-corrected chi connectivity index (χ1v) is 12.3. The lowest BCUT2D eigenvalue weighted by Gasteiger charge is -2.32. The van der Waals surface area contributed by atoms with Gasteiger partial charge in [-0.05, 0) is 36.6 Å². The lowest BCUT2D eigenvalue weighted by atomic mass is 10.0. The highest BCUT2D eigenvalue weighted by Gasteiger charge is 2.24. The molecule has 1 heterocycles. The maximum absolute atomic E-state index is 12.7. The Morgan fingerprint density at radius 3 is 2.32 bits per heavy atom. The highest BCUT2D eigenvalue weighted by molar-refractivity contribution is 7.89. The van der Waals surface area contributed by atoms with E-state index >= 15 is 0 Å². The molecule has 1 aliphatic rings. The molecule has 2 aromatic rings. The van der Waals surface area contributed by atoms with Crippen LogP contribution in [0.1, 0.15) is 34.3 Å². The van der Waals surface area contributed by atoms with Crippen molar-refractivity contribution in [1.82, 2.24) is 10.2 Å². The maximum Gasteiger partial charge on any atom is 0.251 e. The molecule has 0 spiro atoms. The van der Waals surface area contributed by atoms with Gasteiger partial charge in [-0.2, -0.15) is 0 Å². The number of hydrogen-bond acceptors (Lipinski definition) is 5. The summed E-state index contributed by atoms with van der Waals surface area (Å²) in [6.07, 6.45) is 2.85. The largest absolute Gasteiger partial charge is 0.496 e. The number of hydrogen-bond donors (Lipinski definition) is 1. The normalized spacial score (nSPS) is 14.8. The van der Waals surface area contributed by atoms with Gasteiger partial charge in [0.15, 0.2) is 9.84 Å². The third kappa shape index (κ3) is 6.55. The number of benzene rings is 2. The highest BCUT2D eigenvalue weighted by Crippen LogP contribution is 2.20. The zero-order valence-electron chi connectivity index (χ0n) is 17.8. The summed E-state index contributed by atoms with van der Waals surface area (Å²) >= 11 is 0. The van der Waals surface area contributed by atoms with E-state index in [4.69, 9.17) is 4.74 Å². The third-order valence-corrected chi connectivity index (χ3v) is 6.22. The summed E-state index contributed by atoms with van der Waals surface area (Å²) in [4.78, 5) is 27.0. The van der Waals surface area contributed by atoms with Crippen molar-refractivity contribution >= 4 is 21.7 Å². The van der Waals surface area contributed by atoms with Crippen LogP contribution in [0.5, 0.6) is 5.75 Å². The Labute approximate surface area is 183 Å². The second-order valence-electron chi connectivity index (χ2n) is 7.88. The van der Waals surface area contributed by atoms with Gasteiger partial charge >= 0.3 is 0 Å². The predicted octanol–water partition coefficient (Wildman–Crippen LogP) is 2.20. The van der Waals surface area contributed by atoms with Gasteiger partial charge in [0, 0.05) is 36.5 Å². The Balaban J connectivity index is 1.49. The maximum atomic E-state index is 12.7. The van der Waals surface area contributed by atoms with Crippen LogP contribution in [0, 0.1) is 0 Å². The fourth-order valence-electron chi connectivity index (χ4n) is 3.72. The second kappa shape index (κ2) is 9.96. The summed E-state index contributed by atoms with van der Waals surface area (Å²) in [5.74, 6) is 0.525. The fraction of sp³-hybridized carbons (Fsp3) is 0.391. The first kappa shape index (κ1) is 22.8. The van der Waals surface area contributed by atoms with Gasteiger partial charge in [0.1, 0.15) is 5.75 Å². The molecule has 1 saturated heterocycles. The van der Waals surface area contributed by atoms with Gasteiger partial charge < -0.3 is 15.0 Å². The van der Waals surface area contributed by atoms with Crippen molar-refractivity contribution in [2.45, 2.75) is 31.1 Å². The summed E-state index contributed by atoms with van der Waals surface area (Å²) in [5.41, 5.74) is 2.01. The smallest absolute Gasteiger partial charge is 0.251 e. The molecular weight excluding hydrogens is 416 g/mol. The van der Waals surface area contributed by atoms with Crippen LogP contribution in [0.4, 0.5) is 0 Å². The zero-order valence-corrected chi connectivity index (χ0v) is 18.7. The van der Waals surface area contributed by atoms with E-state index in [0.29, 0.717) is 49.2 Å². The predicted molar refractivity (Wildman–Crippen MR) is 119 cm³/mol. The van der Waals surface area contributed by atoms with E-state index in [2.05, 4.69) is 5.32 Å². The molecule has 31 heavy (non-hydrogen) atoms. The van der Waals surface area contributed by atoms with E-state index in [1.165, 1.54) is 6.26 Å². The van der Waals surface area contributed by atoms with Gasteiger partial charge in [0.2, 0.25) is 5.91 Å². The van der Waals surface area contributed by atoms with Crippen molar-refractivity contribution in [3.63, 3.8) is 0 Å². The molecule has 0 aromatic heterocycles. The zero-order chi connectivity index (χ0) is 22.4. The summed E-state index contributed by atoms with van der Waals surface area (Å²) in [6.45, 7) is 1.18. The molecular formula is C23H28N2O5S. The van der Waals surface area contributed by atoms with Crippen molar-refractivity contribution in [3.8, 4) is 5.75 Å². The van der Waals surface area contributed by atoms with Crippen LogP contribution in [0.15, 0.2) is 48.5 Å². The van der Waals surface area contributed by atoms with Crippen LogP contribution in [0.25, 0.3) is 0 Å². The number of nitrogens with zero attached hydrogens (tertiary/aromatic N) is 1. The molecule has 0 atom stereocenters. The van der Waals surface area contributed by atoms with Gasteiger partial charge in [-0.15, -0.1) is 0 Å². The van der Waals surface area contributed by atoms with Crippen molar-refractivity contribution in [3.05, 3.63) is 65.2 Å². The van der Waals surface area contributed by atoms with Crippen LogP contribution >= 0.6 is 0 Å². The number of sulfone groups is 1. The number of rotatable bonds is 7. The van der Waals surface area contributed by atoms with Crippen LogP contribution < -0.4 is 10.1 Å². The second-order valence-corrected chi connectivity index (χ2v) is 10.0. The van der Waals surface area contributed by atoms with E-state index < -0.39 is 9.84 Å². The third-order valence-electron chi connectivity index (χ3n) is 5.36. The first-order valence-electron chi connectivity index (χ1n) is 10.2. The Hall–Kier alpha value is -2.87. The highest BCUT2D eigenvalue weighted by atomic mass is 32.2. The monoisotopic (exact) mass is 444 g/mol. The molecule has 0 aliphatic carbocycles. The van der Waals surface area contributed by atoms with Gasteiger partial charge in [0.05, 0.1) is 19.3 Å². The van der Waals surface area contributed by atoms with Crippen LogP contribution in [-0.2, 0) is 26.8 Å². The Bertz CT molecular complexity index is 1030. The number of piperidine rings is 1. The lowest BCUT2D eigenvalue weighted by molar-refractivity contribution is -0.131. The number of para-hydroxylation sites is 1. The molecule has 1 aliphatic heterocycles. The fourth-order valence-corrected chi connectivity index (χ4v) is 4.52. The number of amides is 2. The van der Waals surface area contributed by atoms with Gasteiger partial charge in [0.25, 0.3) is 5.91 Å². The molecule has 2 aromatic carbocycles. The molecule has 3 rings (SSSR count). The number of ether oxygens (including phenoxy) is 1. The number of carbonyl (C=O) groups excluding carboxylic acids is 2. The van der Waals surface area contributed by atoms with Crippen molar-refractivity contribution in [2.75, 3.05) is 26.5 Å². The summed E-state index contributed by atoms with van der Waals surface area (Å²) in [7, 11) is -1.52. The molecule has 1 fully saturated rings. The Morgan fingerprint density at radius 1 is 1.06 bits per heavy atom. The van der Waals surface area contributed by atoms with E-state index in [9.17, 15) is 18.0 Å². The Kier molecular flexibility index (Phi) is 7.33. The van der Waals surface area contributed by atoms with Crippen LogP contribution in [0.2, 0.25) is 0 Å². The minimum atomic E-state index is -3.11. The lowest BCUT2D eigenvalue weighted by Crippen LogP contribution is -2.47. The number of carbonyl (C=O) groups is 2. The molecule has 1 N–H and O–H groups in total.